The highest BCUT2D eigenvalue weighted by Gasteiger charge is 1.73. The molecular weight excluding hydrogens is 90.1 g/mol. The number of nitrogens with one attached hydrogen (secondary N) is 1. The van der Waals surface area contributed by atoms with Gasteiger partial charge in [-0.1, -0.05) is 13.3 Å². The quantitative estimate of drug-likeness (QED) is 0.401. The van der Waals surface area contributed by atoms with Crippen LogP contribution < -0.4 is 4.98 Å². The van der Waals surface area contributed by atoms with Crippen molar-refractivity contribution in [2.75, 3.05) is 6.54 Å². The monoisotopic (exact) mass is 100 g/mol. The lowest BCUT2D eigenvalue weighted by Crippen LogP contribution is -2.08. The summed E-state index contributed by atoms with van der Waals surface area (Å²) in [7, 11) is 3.14. The molecule has 0 amide bonds. The first-order valence-corrected chi connectivity index (χ1v) is 2.81. The summed E-state index contributed by atoms with van der Waals surface area (Å²) in [5.74, 6) is 0. The fourth-order valence-corrected chi connectivity index (χ4v) is 0.442. The van der Waals surface area contributed by atoms with Crippen molar-refractivity contribution in [1.29, 1.82) is 0 Å². The number of unbranched alkanes of at least 4 members (excludes halogenated alkanes) is 1. The van der Waals surface area contributed by atoms with Crippen LogP contribution in [-0.2, 0) is 0 Å². The predicted octanol–water partition coefficient (Wildman–Crippen LogP) is 0.460. The molecule has 0 heterocycles. The van der Waals surface area contributed by atoms with Gasteiger partial charge >= 0.3 is 0 Å². The van der Waals surface area contributed by atoms with Crippen LogP contribution in [0.25, 0.3) is 0 Å². The van der Waals surface area contributed by atoms with Gasteiger partial charge in [-0.25, -0.2) is 0 Å². The summed E-state index contributed by atoms with van der Waals surface area (Å²) >= 11 is 0. The summed E-state index contributed by atoms with van der Waals surface area (Å²) in [6.07, 6.45) is 2.51. The molecule has 0 unspecified atom stereocenters. The molecule has 0 bridgehead atoms. The van der Waals surface area contributed by atoms with Gasteiger partial charge in [0.15, 0.2) is 0 Å². The van der Waals surface area contributed by atoms with Gasteiger partial charge in [-0.3, -0.25) is 0 Å². The van der Waals surface area contributed by atoms with Crippen molar-refractivity contribution in [1.82, 2.24) is 4.98 Å². The van der Waals surface area contributed by atoms with Crippen LogP contribution in [-0.4, -0.2) is 16.9 Å². The van der Waals surface area contributed by atoms with Gasteiger partial charge in [0.05, 0.1) is 0 Å². The van der Waals surface area contributed by atoms with Crippen molar-refractivity contribution in [2.45, 2.75) is 19.8 Å². The zero-order valence-electron chi connectivity index (χ0n) is 4.12. The second-order valence-corrected chi connectivity index (χ2v) is 1.63. The fourth-order valence-electron chi connectivity index (χ4n) is 0.265. The van der Waals surface area contributed by atoms with E-state index in [4.69, 9.17) is 0 Å². The number of rotatable bonds is 3. The highest BCUT2D eigenvalue weighted by Crippen LogP contribution is 1.79. The third-order valence-electron chi connectivity index (χ3n) is 0.655. The van der Waals surface area contributed by atoms with Crippen LogP contribution in [0.2, 0.25) is 0 Å². The van der Waals surface area contributed by atoms with Crippen molar-refractivity contribution >= 4 is 10.4 Å². The zero-order chi connectivity index (χ0) is 4.83. The largest absolute Gasteiger partial charge is 0.341 e. The van der Waals surface area contributed by atoms with Gasteiger partial charge in [-0.15, -0.1) is 0 Å². The van der Waals surface area contributed by atoms with E-state index in [1.165, 1.54) is 12.8 Å². The van der Waals surface area contributed by atoms with Gasteiger partial charge in [0.25, 0.3) is 0 Å². The number of hydrogen-bond donors (Lipinski definition) is 1. The maximum absolute atomic E-state index is 3.14. The Morgan fingerprint density at radius 3 is 2.50 bits per heavy atom. The van der Waals surface area contributed by atoms with Crippen molar-refractivity contribution in [3.8, 4) is 0 Å². The molecule has 0 saturated heterocycles. The average molecular weight is 100 g/mol. The van der Waals surface area contributed by atoms with E-state index >= 15 is 0 Å². The topological polar surface area (TPSA) is 12.0 Å². The molecule has 0 aliphatic carbocycles. The summed E-state index contributed by atoms with van der Waals surface area (Å²) in [4.78, 5) is 2.87. The molecule has 0 fully saturated rings. The molecule has 0 rings (SSSR count). The molecule has 0 aromatic rings. The normalized spacial score (nSPS) is 9.00. The lowest BCUT2D eigenvalue weighted by atomic mass is 10.3. The second-order valence-electron chi connectivity index (χ2n) is 1.28. The zero-order valence-corrected chi connectivity index (χ0v) is 5.12. The first kappa shape index (κ1) is 6.18. The molecule has 0 atom stereocenters. The van der Waals surface area contributed by atoms with Crippen molar-refractivity contribution in [3.63, 3.8) is 0 Å². The minimum atomic E-state index is 1.08. The number of hydrogen-bond acceptors (Lipinski definition) is 1. The van der Waals surface area contributed by atoms with Gasteiger partial charge in [0.2, 0.25) is 0 Å². The van der Waals surface area contributed by atoms with Gasteiger partial charge < -0.3 is 4.98 Å². The van der Waals surface area contributed by atoms with E-state index < -0.39 is 0 Å². The Labute approximate surface area is 42.6 Å². The third-order valence-corrected chi connectivity index (χ3v) is 0.905. The summed E-state index contributed by atoms with van der Waals surface area (Å²) in [5, 5.41) is 0. The van der Waals surface area contributed by atoms with E-state index in [1.807, 2.05) is 0 Å². The molecule has 0 spiro atoms. The van der Waals surface area contributed by atoms with E-state index in [1.54, 1.807) is 0 Å². The average Bonchev–Trinajstić information content (AvgIpc) is 1.61. The molecule has 0 aliphatic heterocycles. The van der Waals surface area contributed by atoms with E-state index in [0.29, 0.717) is 0 Å². The van der Waals surface area contributed by atoms with Crippen LogP contribution in [0, 0.1) is 0 Å². The highest BCUT2D eigenvalue weighted by atomic mass is 28.2. The van der Waals surface area contributed by atoms with Gasteiger partial charge in [0, 0.05) is 0 Å². The molecule has 0 aromatic carbocycles. The SMILES string of the molecule is CCCCN[Si]. The molecule has 35 valence electrons. The van der Waals surface area contributed by atoms with E-state index in [0.717, 1.165) is 6.54 Å². The molecule has 0 aliphatic rings. The molecule has 0 aromatic heterocycles. The first-order chi connectivity index (χ1) is 2.91. The van der Waals surface area contributed by atoms with E-state index in [2.05, 4.69) is 22.3 Å². The Hall–Kier alpha value is 0.177. The Balaban J connectivity index is 2.34. The van der Waals surface area contributed by atoms with Crippen molar-refractivity contribution < 1.29 is 0 Å². The van der Waals surface area contributed by atoms with Gasteiger partial charge in [0.1, 0.15) is 10.4 Å². The summed E-state index contributed by atoms with van der Waals surface area (Å²) in [6, 6.07) is 0. The highest BCUT2D eigenvalue weighted by molar-refractivity contribution is 6.04. The lowest BCUT2D eigenvalue weighted by molar-refractivity contribution is 0.771. The Bertz CT molecular complexity index is 19.5. The van der Waals surface area contributed by atoms with E-state index in [9.17, 15) is 0 Å². The van der Waals surface area contributed by atoms with Crippen molar-refractivity contribution in [2.24, 2.45) is 0 Å². The molecule has 2 heteroatoms. The molecule has 1 N–H and O–H groups in total. The van der Waals surface area contributed by atoms with Crippen LogP contribution in [0.3, 0.4) is 0 Å². The second kappa shape index (κ2) is 5.18. The minimum Gasteiger partial charge on any atom is -0.341 e. The summed E-state index contributed by atoms with van der Waals surface area (Å²) in [5.41, 5.74) is 0. The Morgan fingerprint density at radius 2 is 2.33 bits per heavy atom. The Kier molecular flexibility index (Phi) is 5.33. The maximum atomic E-state index is 3.14. The standard InChI is InChI=1S/C4H10NSi/c1-2-3-4-5-6/h5H,2-4H2,1H3. The van der Waals surface area contributed by atoms with Crippen molar-refractivity contribution in [3.05, 3.63) is 0 Å². The summed E-state index contributed by atoms with van der Waals surface area (Å²) in [6.45, 7) is 3.25. The first-order valence-electron chi connectivity index (χ1n) is 2.31. The van der Waals surface area contributed by atoms with Gasteiger partial charge in [-0.05, 0) is 13.0 Å². The molecular formula is C4H10NSi. The molecule has 0 saturated carbocycles. The summed E-state index contributed by atoms with van der Waals surface area (Å²) < 4.78 is 0. The van der Waals surface area contributed by atoms with E-state index in [-0.39, 0.29) is 0 Å². The van der Waals surface area contributed by atoms with Crippen LogP contribution >= 0.6 is 0 Å². The molecule has 3 radical (unpaired) electrons. The maximum Gasteiger partial charge on any atom is 0.140 e. The minimum absolute atomic E-state index is 1.08. The van der Waals surface area contributed by atoms with Crippen LogP contribution in [0.1, 0.15) is 19.8 Å². The van der Waals surface area contributed by atoms with Crippen LogP contribution in [0.15, 0.2) is 0 Å². The van der Waals surface area contributed by atoms with Gasteiger partial charge in [-0.2, -0.15) is 0 Å². The Morgan fingerprint density at radius 1 is 1.67 bits per heavy atom. The lowest BCUT2D eigenvalue weighted by Gasteiger charge is -1.89. The molecule has 1 nitrogen and oxygen atoms in total. The predicted molar refractivity (Wildman–Crippen MR) is 28.7 cm³/mol. The fraction of sp³-hybridized carbons (Fsp3) is 1.00. The molecule has 6 heavy (non-hydrogen) atoms. The van der Waals surface area contributed by atoms with Crippen LogP contribution in [0.5, 0.6) is 0 Å². The third kappa shape index (κ3) is 4.18. The van der Waals surface area contributed by atoms with Crippen LogP contribution in [0.4, 0.5) is 0 Å². The smallest absolute Gasteiger partial charge is 0.140 e.